The molecular formula is C24H18ClFN4O4S2. The van der Waals surface area contributed by atoms with Crippen LogP contribution in [0.1, 0.15) is 15.2 Å². The molecule has 2 aromatic carbocycles. The van der Waals surface area contributed by atoms with Gasteiger partial charge >= 0.3 is 0 Å². The van der Waals surface area contributed by atoms with Crippen LogP contribution in [0.3, 0.4) is 0 Å². The smallest absolute Gasteiger partial charge is 0.283 e. The number of halogens is 2. The van der Waals surface area contributed by atoms with Crippen LogP contribution in [0.15, 0.2) is 70.7 Å². The average molecular weight is 545 g/mol. The number of hydrogen-bond donors (Lipinski definition) is 2. The van der Waals surface area contributed by atoms with Crippen molar-refractivity contribution in [2.45, 2.75) is 0 Å². The number of benzene rings is 2. The summed E-state index contributed by atoms with van der Waals surface area (Å²) in [6.45, 7) is 0. The molecular weight excluding hydrogens is 527 g/mol. The van der Waals surface area contributed by atoms with E-state index >= 15 is 0 Å². The van der Waals surface area contributed by atoms with Gasteiger partial charge in [-0.05, 0) is 47.9 Å². The van der Waals surface area contributed by atoms with Crippen LogP contribution in [0, 0.1) is 5.82 Å². The Morgan fingerprint density at radius 1 is 1.19 bits per heavy atom. The van der Waals surface area contributed by atoms with E-state index in [9.17, 15) is 18.8 Å². The van der Waals surface area contributed by atoms with Gasteiger partial charge < -0.3 is 4.74 Å². The molecule has 0 spiro atoms. The number of carbonyl (C=O) groups excluding carboxylic acids is 3. The Morgan fingerprint density at radius 2 is 2.00 bits per heavy atom. The number of thioether (sulfide) groups is 1. The summed E-state index contributed by atoms with van der Waals surface area (Å²) in [4.78, 5) is 44.3. The summed E-state index contributed by atoms with van der Waals surface area (Å²) in [5.74, 6) is -2.22. The first-order chi connectivity index (χ1) is 17.4. The number of aliphatic imine (C=N–C) groups is 1. The lowest BCUT2D eigenvalue weighted by atomic mass is 10.2. The molecule has 36 heavy (non-hydrogen) atoms. The Balaban J connectivity index is 1.49. The second kappa shape index (κ2) is 11.4. The molecule has 3 aromatic rings. The number of amidine groups is 1. The molecule has 0 atom stereocenters. The van der Waals surface area contributed by atoms with Crippen molar-refractivity contribution in [1.82, 2.24) is 10.9 Å². The fourth-order valence-electron chi connectivity index (χ4n) is 3.13. The van der Waals surface area contributed by atoms with Crippen LogP contribution in [0.4, 0.5) is 10.1 Å². The van der Waals surface area contributed by atoms with Gasteiger partial charge in [-0.15, -0.1) is 11.3 Å². The summed E-state index contributed by atoms with van der Waals surface area (Å²) >= 11 is 8.70. The minimum absolute atomic E-state index is 0.184. The number of methoxy groups -OCH3 is 1. The summed E-state index contributed by atoms with van der Waals surface area (Å²) in [5, 5.41) is 2.43. The lowest BCUT2D eigenvalue weighted by Gasteiger charge is -2.18. The van der Waals surface area contributed by atoms with E-state index in [0.29, 0.717) is 16.5 Å². The monoisotopic (exact) mass is 544 g/mol. The van der Waals surface area contributed by atoms with Crippen molar-refractivity contribution in [2.75, 3.05) is 17.8 Å². The van der Waals surface area contributed by atoms with E-state index in [-0.39, 0.29) is 28.1 Å². The topological polar surface area (TPSA) is 100 Å². The van der Waals surface area contributed by atoms with Gasteiger partial charge in [-0.1, -0.05) is 41.6 Å². The molecule has 8 nitrogen and oxygen atoms in total. The van der Waals surface area contributed by atoms with E-state index < -0.39 is 17.6 Å². The van der Waals surface area contributed by atoms with Gasteiger partial charge in [-0.25, -0.2) is 9.38 Å². The zero-order valence-electron chi connectivity index (χ0n) is 18.7. The van der Waals surface area contributed by atoms with Crippen LogP contribution in [0.25, 0.3) is 6.08 Å². The minimum atomic E-state index is -0.796. The van der Waals surface area contributed by atoms with E-state index in [1.807, 2.05) is 17.5 Å². The molecule has 0 saturated heterocycles. The molecule has 1 aliphatic rings. The lowest BCUT2D eigenvalue weighted by Crippen LogP contribution is -2.43. The Kier molecular flexibility index (Phi) is 8.04. The zero-order chi connectivity index (χ0) is 25.7. The van der Waals surface area contributed by atoms with E-state index in [1.165, 1.54) is 41.5 Å². The molecule has 184 valence electrons. The normalized spacial score (nSPS) is 14.1. The van der Waals surface area contributed by atoms with Gasteiger partial charge in [0.1, 0.15) is 17.3 Å². The molecule has 2 N–H and O–H groups in total. The maximum absolute atomic E-state index is 13.8. The summed E-state index contributed by atoms with van der Waals surface area (Å²) in [7, 11) is 1.48. The Morgan fingerprint density at radius 3 is 2.69 bits per heavy atom. The number of thiophene rings is 1. The van der Waals surface area contributed by atoms with E-state index in [0.717, 1.165) is 22.7 Å². The Labute approximate surface area is 218 Å². The third-order valence-electron chi connectivity index (χ3n) is 4.81. The molecule has 0 unspecified atom stereocenters. The van der Waals surface area contributed by atoms with Crippen molar-refractivity contribution in [3.05, 3.63) is 87.0 Å². The highest BCUT2D eigenvalue weighted by molar-refractivity contribution is 8.14. The highest BCUT2D eigenvalue weighted by atomic mass is 35.5. The van der Waals surface area contributed by atoms with Crippen molar-refractivity contribution < 1.29 is 23.5 Å². The summed E-state index contributed by atoms with van der Waals surface area (Å²) in [5.41, 5.74) is 4.84. The highest BCUT2D eigenvalue weighted by Gasteiger charge is 2.33. The molecule has 0 fully saturated rings. The number of ether oxygens (including phenoxy) is 1. The van der Waals surface area contributed by atoms with Crippen molar-refractivity contribution in [2.24, 2.45) is 4.99 Å². The first-order valence-electron chi connectivity index (χ1n) is 10.4. The fraction of sp³-hybridized carbons (Fsp3) is 0.0833. The zero-order valence-corrected chi connectivity index (χ0v) is 21.0. The number of amides is 3. The third-order valence-corrected chi connectivity index (χ3v) is 6.86. The molecule has 3 amide bonds. The molecule has 0 aliphatic carbocycles. The van der Waals surface area contributed by atoms with Crippen molar-refractivity contribution >= 4 is 69.4 Å². The average Bonchev–Trinajstić information content (AvgIpc) is 3.49. The SMILES string of the molecule is COc1ccc(N2C(=O)/C(=C\c3cccs3)N=C2SCC(=O)NNC(=O)c2ccccc2F)cc1Cl. The first kappa shape index (κ1) is 25.4. The molecule has 1 aromatic heterocycles. The highest BCUT2D eigenvalue weighted by Crippen LogP contribution is 2.34. The quantitative estimate of drug-likeness (QED) is 0.352. The van der Waals surface area contributed by atoms with Crippen LogP contribution in [-0.2, 0) is 9.59 Å². The maximum Gasteiger partial charge on any atom is 0.283 e. The van der Waals surface area contributed by atoms with Gasteiger partial charge in [0.05, 0.1) is 29.1 Å². The van der Waals surface area contributed by atoms with Gasteiger partial charge in [-0.2, -0.15) is 0 Å². The predicted molar refractivity (Wildman–Crippen MR) is 140 cm³/mol. The number of anilines is 1. The van der Waals surface area contributed by atoms with Crippen LogP contribution in [-0.4, -0.2) is 35.8 Å². The summed E-state index contributed by atoms with van der Waals surface area (Å²) in [6, 6.07) is 14.0. The molecule has 1 aliphatic heterocycles. The fourth-order valence-corrected chi connectivity index (χ4v) is 4.84. The molecule has 0 radical (unpaired) electrons. The molecule has 2 heterocycles. The summed E-state index contributed by atoms with van der Waals surface area (Å²) < 4.78 is 18.9. The van der Waals surface area contributed by atoms with E-state index in [4.69, 9.17) is 16.3 Å². The largest absolute Gasteiger partial charge is 0.495 e. The van der Waals surface area contributed by atoms with Gasteiger partial charge in [0.25, 0.3) is 11.8 Å². The van der Waals surface area contributed by atoms with Crippen LogP contribution >= 0.6 is 34.7 Å². The van der Waals surface area contributed by atoms with Crippen molar-refractivity contribution in [1.29, 1.82) is 0 Å². The van der Waals surface area contributed by atoms with E-state index in [2.05, 4.69) is 15.8 Å². The maximum atomic E-state index is 13.8. The molecule has 0 bridgehead atoms. The Hall–Kier alpha value is -3.67. The second-order valence-corrected chi connectivity index (χ2v) is 9.50. The predicted octanol–water partition coefficient (Wildman–Crippen LogP) is 4.49. The van der Waals surface area contributed by atoms with Crippen LogP contribution < -0.4 is 20.5 Å². The minimum Gasteiger partial charge on any atom is -0.495 e. The molecule has 4 rings (SSSR count). The number of nitrogens with zero attached hydrogens (tertiary/aromatic N) is 2. The number of hydrogen-bond acceptors (Lipinski definition) is 7. The van der Waals surface area contributed by atoms with E-state index in [1.54, 1.807) is 24.3 Å². The number of rotatable bonds is 6. The number of carbonyl (C=O) groups is 3. The second-order valence-electron chi connectivity index (χ2n) is 7.17. The first-order valence-corrected chi connectivity index (χ1v) is 12.6. The van der Waals surface area contributed by atoms with Gasteiger partial charge in [-0.3, -0.25) is 30.1 Å². The van der Waals surface area contributed by atoms with Crippen LogP contribution in [0.2, 0.25) is 5.02 Å². The van der Waals surface area contributed by atoms with Gasteiger partial charge in [0.15, 0.2) is 5.17 Å². The third kappa shape index (κ3) is 5.76. The Bertz CT molecular complexity index is 1380. The number of hydrazine groups is 1. The lowest BCUT2D eigenvalue weighted by molar-refractivity contribution is -0.119. The van der Waals surface area contributed by atoms with Gasteiger partial charge in [0.2, 0.25) is 5.91 Å². The van der Waals surface area contributed by atoms with Crippen molar-refractivity contribution in [3.63, 3.8) is 0 Å². The standard InChI is InChI=1S/C24H18ClFN4O4S2/c1-34-20-9-8-14(11-17(20)25)30-23(33)19(12-15-5-4-10-35-15)27-24(30)36-13-21(31)28-29-22(32)16-6-2-3-7-18(16)26/h2-12H,13H2,1H3,(H,28,31)(H,29,32)/b19-12+. The molecule has 12 heteroatoms. The molecule has 0 saturated carbocycles. The van der Waals surface area contributed by atoms with Crippen LogP contribution in [0.5, 0.6) is 5.75 Å². The summed E-state index contributed by atoms with van der Waals surface area (Å²) in [6.07, 6.45) is 1.66. The van der Waals surface area contributed by atoms with Crippen molar-refractivity contribution in [3.8, 4) is 5.75 Å². The number of nitrogens with one attached hydrogen (secondary N) is 2. The van der Waals surface area contributed by atoms with Gasteiger partial charge in [0, 0.05) is 4.88 Å².